The Kier molecular flexibility index (Phi) is 4.54. The average molecular weight is 361 g/mol. The molecule has 0 bridgehead atoms. The first-order valence-electron chi connectivity index (χ1n) is 8.57. The van der Waals surface area contributed by atoms with Crippen molar-refractivity contribution in [3.63, 3.8) is 0 Å². The van der Waals surface area contributed by atoms with E-state index >= 15 is 0 Å². The van der Waals surface area contributed by atoms with Crippen LogP contribution in [0.2, 0.25) is 0 Å². The van der Waals surface area contributed by atoms with Crippen LogP contribution in [0.1, 0.15) is 17.5 Å². The van der Waals surface area contributed by atoms with Crippen molar-refractivity contribution in [1.82, 2.24) is 9.38 Å². The second kappa shape index (κ2) is 7.14. The van der Waals surface area contributed by atoms with Gasteiger partial charge in [-0.1, -0.05) is 36.4 Å². The van der Waals surface area contributed by atoms with Gasteiger partial charge in [0.2, 0.25) is 5.91 Å². The first-order valence-corrected chi connectivity index (χ1v) is 9.45. The number of aromatic nitrogens is 2. The van der Waals surface area contributed by atoms with E-state index in [4.69, 9.17) is 4.98 Å². The molecule has 0 radical (unpaired) electrons. The minimum atomic E-state index is -0.00552. The summed E-state index contributed by atoms with van der Waals surface area (Å²) in [5.41, 5.74) is 3.96. The fraction of sp³-hybridized carbons (Fsp3) is 0.143. The summed E-state index contributed by atoms with van der Waals surface area (Å²) in [6, 6.07) is 18.1. The van der Waals surface area contributed by atoms with Crippen LogP contribution in [0.3, 0.4) is 0 Å². The van der Waals surface area contributed by atoms with Gasteiger partial charge in [0.05, 0.1) is 4.88 Å². The highest BCUT2D eigenvalue weighted by Gasteiger charge is 2.17. The maximum Gasteiger partial charge on any atom is 0.225 e. The van der Waals surface area contributed by atoms with E-state index in [9.17, 15) is 4.79 Å². The van der Waals surface area contributed by atoms with E-state index in [1.807, 2.05) is 77.5 Å². The molecule has 1 aromatic carbocycles. The topological polar surface area (TPSA) is 46.4 Å². The number of pyridine rings is 1. The molecule has 4 nitrogen and oxygen atoms in total. The number of amides is 1. The quantitative estimate of drug-likeness (QED) is 0.547. The van der Waals surface area contributed by atoms with Crippen LogP contribution in [0, 0.1) is 6.92 Å². The van der Waals surface area contributed by atoms with E-state index < -0.39 is 0 Å². The molecular weight excluding hydrogens is 342 g/mol. The summed E-state index contributed by atoms with van der Waals surface area (Å²) in [4.78, 5) is 18.4. The first kappa shape index (κ1) is 16.5. The highest BCUT2D eigenvalue weighted by molar-refractivity contribution is 7.13. The van der Waals surface area contributed by atoms with Crippen LogP contribution >= 0.6 is 11.3 Å². The van der Waals surface area contributed by atoms with E-state index in [0.717, 1.165) is 39.6 Å². The number of aryl methyl sites for hydroxylation is 2. The fourth-order valence-corrected chi connectivity index (χ4v) is 3.66. The maximum absolute atomic E-state index is 12.6. The van der Waals surface area contributed by atoms with Gasteiger partial charge < -0.3 is 5.32 Å². The van der Waals surface area contributed by atoms with Gasteiger partial charge in [-0.25, -0.2) is 4.98 Å². The number of imidazole rings is 1. The number of carbonyl (C=O) groups is 1. The Hall–Kier alpha value is -2.92. The van der Waals surface area contributed by atoms with E-state index in [-0.39, 0.29) is 5.91 Å². The van der Waals surface area contributed by atoms with Crippen LogP contribution in [0.5, 0.6) is 0 Å². The molecule has 3 heterocycles. The number of hydrogen-bond acceptors (Lipinski definition) is 3. The van der Waals surface area contributed by atoms with E-state index in [1.54, 1.807) is 11.3 Å². The SMILES string of the molecule is Cc1ccn2c(NC(=O)CCc3ccccc3)c(-c3cccs3)nc2c1. The first-order chi connectivity index (χ1) is 12.7. The minimum Gasteiger partial charge on any atom is -0.310 e. The molecule has 0 saturated carbocycles. The molecule has 3 aromatic heterocycles. The predicted molar refractivity (Wildman–Crippen MR) is 107 cm³/mol. The highest BCUT2D eigenvalue weighted by Crippen LogP contribution is 2.32. The number of anilines is 1. The van der Waals surface area contributed by atoms with Crippen molar-refractivity contribution in [1.29, 1.82) is 0 Å². The largest absolute Gasteiger partial charge is 0.310 e. The van der Waals surface area contributed by atoms with Crippen LogP contribution in [0.25, 0.3) is 16.2 Å². The molecule has 4 aromatic rings. The van der Waals surface area contributed by atoms with Crippen molar-refractivity contribution in [3.05, 3.63) is 77.3 Å². The van der Waals surface area contributed by atoms with Gasteiger partial charge in [-0.3, -0.25) is 9.20 Å². The van der Waals surface area contributed by atoms with E-state index in [0.29, 0.717) is 6.42 Å². The third-order valence-corrected chi connectivity index (χ3v) is 5.15. The van der Waals surface area contributed by atoms with Crippen molar-refractivity contribution in [2.24, 2.45) is 0 Å². The summed E-state index contributed by atoms with van der Waals surface area (Å²) in [5.74, 6) is 0.731. The molecule has 0 unspecified atom stereocenters. The van der Waals surface area contributed by atoms with Crippen molar-refractivity contribution in [3.8, 4) is 10.6 Å². The summed E-state index contributed by atoms with van der Waals surface area (Å²) < 4.78 is 1.95. The molecule has 0 saturated heterocycles. The van der Waals surface area contributed by atoms with Gasteiger partial charge in [0.1, 0.15) is 17.2 Å². The Bertz CT molecular complexity index is 1040. The summed E-state index contributed by atoms with van der Waals surface area (Å²) in [7, 11) is 0. The molecule has 1 N–H and O–H groups in total. The molecule has 130 valence electrons. The molecule has 1 amide bonds. The van der Waals surface area contributed by atoms with Gasteiger partial charge >= 0.3 is 0 Å². The zero-order valence-electron chi connectivity index (χ0n) is 14.5. The number of thiophene rings is 1. The average Bonchev–Trinajstić information content (AvgIpc) is 3.29. The highest BCUT2D eigenvalue weighted by atomic mass is 32.1. The number of benzene rings is 1. The van der Waals surface area contributed by atoms with Crippen LogP contribution in [-0.2, 0) is 11.2 Å². The van der Waals surface area contributed by atoms with Crippen molar-refractivity contribution < 1.29 is 4.79 Å². The standard InChI is InChI=1S/C21H19N3OS/c1-15-11-12-24-18(14-15)22-20(17-8-5-13-26-17)21(24)23-19(25)10-9-16-6-3-2-4-7-16/h2-8,11-14H,9-10H2,1H3,(H,23,25). The van der Waals surface area contributed by atoms with Crippen molar-refractivity contribution in [2.45, 2.75) is 19.8 Å². The Morgan fingerprint density at radius 2 is 2.00 bits per heavy atom. The second-order valence-corrected chi connectivity index (χ2v) is 7.20. The molecule has 0 fully saturated rings. The molecule has 0 spiro atoms. The zero-order valence-corrected chi connectivity index (χ0v) is 15.3. The van der Waals surface area contributed by atoms with Gasteiger partial charge in [0.15, 0.2) is 0 Å². The lowest BCUT2D eigenvalue weighted by Crippen LogP contribution is -2.14. The number of nitrogens with one attached hydrogen (secondary N) is 1. The molecule has 5 heteroatoms. The Morgan fingerprint density at radius 1 is 1.15 bits per heavy atom. The van der Waals surface area contributed by atoms with Crippen LogP contribution < -0.4 is 5.32 Å². The lowest BCUT2D eigenvalue weighted by Gasteiger charge is -2.07. The fourth-order valence-electron chi connectivity index (χ4n) is 2.95. The summed E-state index contributed by atoms with van der Waals surface area (Å²) in [6.07, 6.45) is 3.12. The number of carbonyl (C=O) groups excluding carboxylic acids is 1. The van der Waals surface area contributed by atoms with Crippen LogP contribution in [0.4, 0.5) is 5.82 Å². The van der Waals surface area contributed by atoms with Gasteiger partial charge in [-0.15, -0.1) is 11.3 Å². The Labute approximate surface area is 156 Å². The molecule has 0 aliphatic carbocycles. The lowest BCUT2D eigenvalue weighted by molar-refractivity contribution is -0.116. The van der Waals surface area contributed by atoms with Crippen LogP contribution in [-0.4, -0.2) is 15.3 Å². The minimum absolute atomic E-state index is 0.00552. The third-order valence-electron chi connectivity index (χ3n) is 4.28. The third kappa shape index (κ3) is 3.39. The zero-order chi connectivity index (χ0) is 17.9. The molecule has 0 aliphatic rings. The summed E-state index contributed by atoms with van der Waals surface area (Å²) in [6.45, 7) is 2.04. The predicted octanol–water partition coefficient (Wildman–Crippen LogP) is 4.94. The van der Waals surface area contributed by atoms with Gasteiger partial charge in [0, 0.05) is 12.6 Å². The van der Waals surface area contributed by atoms with Crippen LogP contribution in [0.15, 0.2) is 66.2 Å². The van der Waals surface area contributed by atoms with Gasteiger partial charge in [0.25, 0.3) is 0 Å². The smallest absolute Gasteiger partial charge is 0.225 e. The van der Waals surface area contributed by atoms with E-state index in [1.165, 1.54) is 0 Å². The molecule has 26 heavy (non-hydrogen) atoms. The lowest BCUT2D eigenvalue weighted by atomic mass is 10.1. The number of rotatable bonds is 5. The molecule has 0 aliphatic heterocycles. The molecule has 4 rings (SSSR count). The number of hydrogen-bond donors (Lipinski definition) is 1. The monoisotopic (exact) mass is 361 g/mol. The number of fused-ring (bicyclic) bond motifs is 1. The second-order valence-electron chi connectivity index (χ2n) is 6.25. The molecule has 0 atom stereocenters. The van der Waals surface area contributed by atoms with E-state index in [2.05, 4.69) is 5.32 Å². The van der Waals surface area contributed by atoms with Gasteiger partial charge in [-0.2, -0.15) is 0 Å². The van der Waals surface area contributed by atoms with Crippen molar-refractivity contribution in [2.75, 3.05) is 5.32 Å². The Morgan fingerprint density at radius 3 is 2.77 bits per heavy atom. The Balaban J connectivity index is 1.62. The summed E-state index contributed by atoms with van der Waals surface area (Å²) in [5, 5.41) is 5.10. The normalized spacial score (nSPS) is 11.0. The molecular formula is C21H19N3OS. The number of nitrogens with zero attached hydrogens (tertiary/aromatic N) is 2. The summed E-state index contributed by atoms with van der Waals surface area (Å²) >= 11 is 1.62. The van der Waals surface area contributed by atoms with Gasteiger partial charge in [-0.05, 0) is 48.1 Å². The van der Waals surface area contributed by atoms with Crippen molar-refractivity contribution >= 4 is 28.7 Å². The maximum atomic E-state index is 12.6.